The van der Waals surface area contributed by atoms with Crippen molar-refractivity contribution in [3.05, 3.63) is 62.5 Å². The Labute approximate surface area is 153 Å². The lowest BCUT2D eigenvalue weighted by atomic mass is 10.2. The average molecular weight is 380 g/mol. The molecule has 0 aliphatic heterocycles. The molecular weight excluding hydrogens is 365 g/mol. The van der Waals surface area contributed by atoms with Gasteiger partial charge in [-0.15, -0.1) is 0 Å². The molecule has 0 fully saturated rings. The number of likely N-dealkylation sites (N-methyl/N-ethyl adjacent to an activating group) is 1. The highest BCUT2D eigenvalue weighted by Gasteiger charge is 2.15. The molecule has 0 aliphatic rings. The van der Waals surface area contributed by atoms with Gasteiger partial charge in [0.25, 0.3) is 5.56 Å². The van der Waals surface area contributed by atoms with Crippen molar-refractivity contribution in [2.24, 2.45) is 0 Å². The summed E-state index contributed by atoms with van der Waals surface area (Å²) >= 11 is 12.0. The molecule has 0 atom stereocenters. The van der Waals surface area contributed by atoms with Crippen molar-refractivity contribution in [3.63, 3.8) is 0 Å². The van der Waals surface area contributed by atoms with Gasteiger partial charge in [0.05, 0.1) is 28.8 Å². The fourth-order valence-corrected chi connectivity index (χ4v) is 3.01. The molecule has 3 rings (SSSR count). The number of aryl methyl sites for hydroxylation is 1. The van der Waals surface area contributed by atoms with Crippen LogP contribution in [0.3, 0.4) is 0 Å². The van der Waals surface area contributed by atoms with Crippen LogP contribution in [0.2, 0.25) is 10.0 Å². The molecule has 25 heavy (non-hydrogen) atoms. The first-order valence-corrected chi connectivity index (χ1v) is 8.24. The summed E-state index contributed by atoms with van der Waals surface area (Å²) in [7, 11) is 1.65. The maximum atomic E-state index is 12.6. The van der Waals surface area contributed by atoms with Crippen LogP contribution in [-0.2, 0) is 17.9 Å². The van der Waals surface area contributed by atoms with E-state index in [0.717, 1.165) is 5.76 Å². The van der Waals surface area contributed by atoms with Gasteiger partial charge in [-0.2, -0.15) is 0 Å². The second kappa shape index (κ2) is 6.90. The maximum Gasteiger partial charge on any atom is 0.261 e. The minimum atomic E-state index is -0.370. The maximum absolute atomic E-state index is 12.6. The molecule has 0 radical (unpaired) electrons. The SMILES string of the molecule is Cc1ccc(CN(C)C(=O)Cn2cnc3c(Cl)cc(Cl)cc3c2=O)o1. The molecule has 0 aliphatic carbocycles. The molecule has 1 amide bonds. The first-order valence-electron chi connectivity index (χ1n) is 7.48. The molecule has 2 heterocycles. The zero-order valence-electron chi connectivity index (χ0n) is 13.6. The minimum absolute atomic E-state index is 0.137. The molecule has 0 spiro atoms. The predicted molar refractivity (Wildman–Crippen MR) is 95.9 cm³/mol. The van der Waals surface area contributed by atoms with E-state index in [0.29, 0.717) is 27.9 Å². The number of rotatable bonds is 4. The number of hydrogen-bond donors (Lipinski definition) is 0. The Hall–Kier alpha value is -2.31. The number of furan rings is 1. The summed E-state index contributed by atoms with van der Waals surface area (Å²) in [6.07, 6.45) is 1.31. The third-order valence-corrected chi connectivity index (χ3v) is 4.27. The van der Waals surface area contributed by atoms with Crippen molar-refractivity contribution in [1.29, 1.82) is 0 Å². The van der Waals surface area contributed by atoms with Crippen molar-refractivity contribution < 1.29 is 9.21 Å². The van der Waals surface area contributed by atoms with Gasteiger partial charge >= 0.3 is 0 Å². The van der Waals surface area contributed by atoms with Crippen LogP contribution >= 0.6 is 23.2 Å². The summed E-state index contributed by atoms with van der Waals surface area (Å²) in [4.78, 5) is 30.6. The molecule has 0 saturated heterocycles. The molecular formula is C17H15Cl2N3O3. The number of amides is 1. The smallest absolute Gasteiger partial charge is 0.261 e. The number of carbonyl (C=O) groups is 1. The predicted octanol–water partition coefficient (Wildman–Crippen LogP) is 3.26. The van der Waals surface area contributed by atoms with Gasteiger partial charge < -0.3 is 9.32 Å². The highest BCUT2D eigenvalue weighted by Crippen LogP contribution is 2.23. The Morgan fingerprint density at radius 2 is 2.08 bits per heavy atom. The average Bonchev–Trinajstić information content (AvgIpc) is 2.95. The molecule has 3 aromatic rings. The Kier molecular flexibility index (Phi) is 4.83. The Balaban J connectivity index is 1.83. The topological polar surface area (TPSA) is 68.3 Å². The summed E-state index contributed by atoms with van der Waals surface area (Å²) in [5.74, 6) is 1.21. The molecule has 0 N–H and O–H groups in total. The number of aromatic nitrogens is 2. The highest BCUT2D eigenvalue weighted by molar-refractivity contribution is 6.38. The number of halogens is 2. The fraction of sp³-hybridized carbons (Fsp3) is 0.235. The molecule has 8 heteroatoms. The van der Waals surface area contributed by atoms with Crippen LogP contribution in [0.1, 0.15) is 11.5 Å². The van der Waals surface area contributed by atoms with Gasteiger partial charge in [-0.3, -0.25) is 14.2 Å². The number of carbonyl (C=O) groups excluding carboxylic acids is 1. The highest BCUT2D eigenvalue weighted by atomic mass is 35.5. The van der Waals surface area contributed by atoms with Crippen LogP contribution in [-0.4, -0.2) is 27.4 Å². The van der Waals surface area contributed by atoms with E-state index < -0.39 is 0 Å². The Bertz CT molecular complexity index is 1010. The summed E-state index contributed by atoms with van der Waals surface area (Å²) in [6, 6.07) is 6.66. The fourth-order valence-electron chi connectivity index (χ4n) is 2.47. The van der Waals surface area contributed by atoms with E-state index in [1.54, 1.807) is 7.05 Å². The quantitative estimate of drug-likeness (QED) is 0.697. The van der Waals surface area contributed by atoms with Crippen molar-refractivity contribution in [1.82, 2.24) is 14.5 Å². The number of hydrogen-bond acceptors (Lipinski definition) is 4. The van der Waals surface area contributed by atoms with Gasteiger partial charge in [0.15, 0.2) is 0 Å². The van der Waals surface area contributed by atoms with Crippen molar-refractivity contribution in [2.45, 2.75) is 20.0 Å². The molecule has 0 saturated carbocycles. The first-order chi connectivity index (χ1) is 11.8. The normalized spacial score (nSPS) is 11.0. The van der Waals surface area contributed by atoms with Crippen LogP contribution in [0.4, 0.5) is 0 Å². The van der Waals surface area contributed by atoms with E-state index in [1.807, 2.05) is 19.1 Å². The van der Waals surface area contributed by atoms with Crippen LogP contribution in [0.25, 0.3) is 10.9 Å². The van der Waals surface area contributed by atoms with Crippen LogP contribution in [0.15, 0.2) is 39.8 Å². The van der Waals surface area contributed by atoms with Crippen molar-refractivity contribution in [3.8, 4) is 0 Å². The second-order valence-corrected chi connectivity index (χ2v) is 6.57. The molecule has 0 unspecified atom stereocenters. The van der Waals surface area contributed by atoms with Gasteiger partial charge in [-0.25, -0.2) is 4.98 Å². The van der Waals surface area contributed by atoms with Crippen molar-refractivity contribution in [2.75, 3.05) is 7.05 Å². The number of fused-ring (bicyclic) bond motifs is 1. The van der Waals surface area contributed by atoms with Crippen LogP contribution < -0.4 is 5.56 Å². The molecule has 0 bridgehead atoms. The number of benzene rings is 1. The summed E-state index contributed by atoms with van der Waals surface area (Å²) in [5, 5.41) is 0.909. The monoisotopic (exact) mass is 379 g/mol. The lowest BCUT2D eigenvalue weighted by molar-refractivity contribution is -0.131. The van der Waals surface area contributed by atoms with Crippen molar-refractivity contribution >= 4 is 40.0 Å². The van der Waals surface area contributed by atoms with Gasteiger partial charge in [-0.05, 0) is 31.2 Å². The third kappa shape index (κ3) is 3.70. The van der Waals surface area contributed by atoms with E-state index in [4.69, 9.17) is 27.6 Å². The minimum Gasteiger partial charge on any atom is -0.464 e. The van der Waals surface area contributed by atoms with E-state index in [2.05, 4.69) is 4.98 Å². The largest absolute Gasteiger partial charge is 0.464 e. The summed E-state index contributed by atoms with van der Waals surface area (Å²) in [5.41, 5.74) is -0.0100. The van der Waals surface area contributed by atoms with Crippen LogP contribution in [0, 0.1) is 6.92 Å². The van der Waals surface area contributed by atoms with Gasteiger partial charge in [0, 0.05) is 12.1 Å². The third-order valence-electron chi connectivity index (χ3n) is 3.77. The van der Waals surface area contributed by atoms with E-state index >= 15 is 0 Å². The summed E-state index contributed by atoms with van der Waals surface area (Å²) in [6.45, 7) is 2.02. The Morgan fingerprint density at radius 1 is 1.32 bits per heavy atom. The lowest BCUT2D eigenvalue weighted by Crippen LogP contribution is -2.33. The molecule has 2 aromatic heterocycles. The van der Waals surface area contributed by atoms with Gasteiger partial charge in [0.1, 0.15) is 18.1 Å². The molecule has 1 aromatic carbocycles. The molecule has 130 valence electrons. The zero-order valence-corrected chi connectivity index (χ0v) is 15.1. The van der Waals surface area contributed by atoms with Gasteiger partial charge in [-0.1, -0.05) is 23.2 Å². The second-order valence-electron chi connectivity index (χ2n) is 5.72. The zero-order chi connectivity index (χ0) is 18.1. The summed E-state index contributed by atoms with van der Waals surface area (Å²) < 4.78 is 6.70. The molecule has 6 nitrogen and oxygen atoms in total. The number of nitrogens with zero attached hydrogens (tertiary/aromatic N) is 3. The standard InChI is InChI=1S/C17H15Cl2N3O3/c1-10-3-4-12(25-10)7-21(2)15(23)8-22-9-20-16-13(17(22)24)5-11(18)6-14(16)19/h3-6,9H,7-8H2,1-2H3. The Morgan fingerprint density at radius 3 is 2.76 bits per heavy atom. The van der Waals surface area contributed by atoms with E-state index in [9.17, 15) is 9.59 Å². The van der Waals surface area contributed by atoms with Gasteiger partial charge in [0.2, 0.25) is 5.91 Å². The lowest BCUT2D eigenvalue weighted by Gasteiger charge is -2.16. The van der Waals surface area contributed by atoms with Crippen LogP contribution in [0.5, 0.6) is 0 Å². The first kappa shape index (κ1) is 17.5. The van der Waals surface area contributed by atoms with E-state index in [1.165, 1.54) is 27.9 Å². The van der Waals surface area contributed by atoms with E-state index in [-0.39, 0.29) is 23.4 Å².